The molecule has 6 heteroatoms. The fourth-order valence-corrected chi connectivity index (χ4v) is 1.66. The van der Waals surface area contributed by atoms with Gasteiger partial charge in [-0.3, -0.25) is 4.98 Å². The Morgan fingerprint density at radius 1 is 1.33 bits per heavy atom. The van der Waals surface area contributed by atoms with Gasteiger partial charge in [0.1, 0.15) is 0 Å². The topological polar surface area (TPSA) is 95.7 Å². The number of aromatic nitrogens is 1. The van der Waals surface area contributed by atoms with Gasteiger partial charge >= 0.3 is 5.76 Å². The van der Waals surface area contributed by atoms with Crippen molar-refractivity contribution >= 4 is 0 Å². The van der Waals surface area contributed by atoms with Gasteiger partial charge in [-0.1, -0.05) is 6.07 Å². The second-order valence-electron chi connectivity index (χ2n) is 3.79. The molecule has 0 spiro atoms. The van der Waals surface area contributed by atoms with E-state index in [2.05, 4.69) is 4.98 Å². The highest BCUT2D eigenvalue weighted by Gasteiger charge is 2.09. The van der Waals surface area contributed by atoms with Crippen molar-refractivity contribution in [1.82, 2.24) is 4.98 Å². The molecule has 6 nitrogen and oxygen atoms in total. The number of rotatable bonds is 4. The molecule has 0 saturated heterocycles. The van der Waals surface area contributed by atoms with Gasteiger partial charge in [-0.05, 0) is 24.1 Å². The first-order valence-corrected chi connectivity index (χ1v) is 5.37. The van der Waals surface area contributed by atoms with Crippen LogP contribution in [0.3, 0.4) is 0 Å². The normalized spacial score (nSPS) is 10.5. The third-order valence-corrected chi connectivity index (χ3v) is 2.59. The molecule has 0 aliphatic carbocycles. The van der Waals surface area contributed by atoms with Gasteiger partial charge in [-0.2, -0.15) is 0 Å². The molecule has 0 fully saturated rings. The monoisotopic (exact) mass is 251 g/mol. The van der Waals surface area contributed by atoms with E-state index in [1.807, 2.05) is 0 Å². The van der Waals surface area contributed by atoms with Crippen LogP contribution < -0.4 is 10.5 Å². The molecule has 0 aliphatic rings. The second-order valence-corrected chi connectivity index (χ2v) is 3.79. The molecular weight excluding hydrogens is 238 g/mol. The Morgan fingerprint density at radius 2 is 2.11 bits per heavy atom. The van der Waals surface area contributed by atoms with E-state index in [1.54, 1.807) is 12.1 Å². The minimum atomic E-state index is -0.675. The van der Waals surface area contributed by atoms with Crippen LogP contribution in [-0.2, 0) is 12.8 Å². The molecule has 96 valence electrons. The van der Waals surface area contributed by atoms with Crippen LogP contribution in [0, 0.1) is 0 Å². The third kappa shape index (κ3) is 2.48. The second kappa shape index (κ2) is 4.87. The molecule has 18 heavy (non-hydrogen) atoms. The molecule has 2 aromatic rings. The summed E-state index contributed by atoms with van der Waals surface area (Å²) in [4.78, 5) is 13.0. The smallest absolute Gasteiger partial charge is 0.419 e. The van der Waals surface area contributed by atoms with Crippen LogP contribution in [0.4, 0.5) is 0 Å². The van der Waals surface area contributed by atoms with Gasteiger partial charge < -0.3 is 19.4 Å². The van der Waals surface area contributed by atoms with E-state index in [1.165, 1.54) is 13.2 Å². The van der Waals surface area contributed by atoms with Gasteiger partial charge in [-0.25, -0.2) is 4.79 Å². The quantitative estimate of drug-likeness (QED) is 0.758. The highest BCUT2D eigenvalue weighted by molar-refractivity contribution is 5.41. The minimum absolute atomic E-state index is 0.0669. The standard InChI is InChI=1S/C12H13NO5/c1-17-10-6-7(2-4-8(10)14)3-5-9-11(15)13-12(16)18-9/h2,4,6,14-15H,3,5H2,1H3,(H,13,16). The molecule has 0 unspecified atom stereocenters. The molecule has 0 atom stereocenters. The molecule has 0 bridgehead atoms. The highest BCUT2D eigenvalue weighted by Crippen LogP contribution is 2.27. The lowest BCUT2D eigenvalue weighted by Crippen LogP contribution is -1.94. The number of benzene rings is 1. The van der Waals surface area contributed by atoms with Gasteiger partial charge in [0.15, 0.2) is 17.3 Å². The van der Waals surface area contributed by atoms with Crippen LogP contribution in [0.1, 0.15) is 11.3 Å². The molecular formula is C12H13NO5. The Balaban J connectivity index is 2.11. The molecule has 2 rings (SSSR count). The molecule has 1 heterocycles. The van der Waals surface area contributed by atoms with E-state index in [4.69, 9.17) is 9.15 Å². The van der Waals surface area contributed by atoms with Gasteiger partial charge in [0.05, 0.1) is 7.11 Å². The van der Waals surface area contributed by atoms with Crippen LogP contribution >= 0.6 is 0 Å². The number of aromatic hydroxyl groups is 2. The van der Waals surface area contributed by atoms with Crippen LogP contribution in [-0.4, -0.2) is 22.3 Å². The number of oxazole rings is 1. The number of phenols is 1. The van der Waals surface area contributed by atoms with Crippen LogP contribution in [0.25, 0.3) is 0 Å². The Morgan fingerprint density at radius 3 is 2.72 bits per heavy atom. The third-order valence-electron chi connectivity index (χ3n) is 2.59. The summed E-state index contributed by atoms with van der Waals surface area (Å²) in [5.41, 5.74) is 0.896. The van der Waals surface area contributed by atoms with Crippen molar-refractivity contribution in [3.8, 4) is 17.4 Å². The maximum absolute atomic E-state index is 10.8. The zero-order valence-electron chi connectivity index (χ0n) is 9.77. The summed E-state index contributed by atoms with van der Waals surface area (Å²) >= 11 is 0. The summed E-state index contributed by atoms with van der Waals surface area (Å²) in [6, 6.07) is 4.96. The maximum Gasteiger partial charge on any atom is 0.419 e. The van der Waals surface area contributed by atoms with Gasteiger partial charge in [0, 0.05) is 6.42 Å². The first-order chi connectivity index (χ1) is 8.60. The number of phenolic OH excluding ortho intramolecular Hbond substituents is 1. The summed E-state index contributed by atoms with van der Waals surface area (Å²) < 4.78 is 9.76. The average Bonchev–Trinajstić information content (AvgIpc) is 2.67. The number of nitrogens with one attached hydrogen (secondary N) is 1. The zero-order valence-corrected chi connectivity index (χ0v) is 9.77. The number of hydrogen-bond acceptors (Lipinski definition) is 5. The number of methoxy groups -OCH3 is 1. The predicted molar refractivity (Wildman–Crippen MR) is 63.1 cm³/mol. The van der Waals surface area contributed by atoms with Crippen molar-refractivity contribution in [3.05, 3.63) is 40.1 Å². The van der Waals surface area contributed by atoms with Crippen molar-refractivity contribution in [3.63, 3.8) is 0 Å². The maximum atomic E-state index is 10.8. The Kier molecular flexibility index (Phi) is 3.27. The zero-order chi connectivity index (χ0) is 13.1. The van der Waals surface area contributed by atoms with E-state index < -0.39 is 5.76 Å². The summed E-state index contributed by atoms with van der Waals surface area (Å²) in [5, 5.41) is 18.8. The van der Waals surface area contributed by atoms with E-state index in [0.29, 0.717) is 18.6 Å². The molecule has 1 aromatic carbocycles. The summed E-state index contributed by atoms with van der Waals surface area (Å²) in [6.07, 6.45) is 0.920. The lowest BCUT2D eigenvalue weighted by atomic mass is 10.1. The van der Waals surface area contributed by atoms with E-state index >= 15 is 0 Å². The summed E-state index contributed by atoms with van der Waals surface area (Å²) in [6.45, 7) is 0. The summed E-state index contributed by atoms with van der Waals surface area (Å²) in [5.74, 6) is -0.256. The van der Waals surface area contributed by atoms with Crippen LogP contribution in [0.2, 0.25) is 0 Å². The molecule has 0 amide bonds. The Bertz CT molecular complexity index is 599. The van der Waals surface area contributed by atoms with Gasteiger partial charge in [0.2, 0.25) is 5.88 Å². The van der Waals surface area contributed by atoms with Gasteiger partial charge in [-0.15, -0.1) is 0 Å². The van der Waals surface area contributed by atoms with Crippen molar-refractivity contribution in [2.24, 2.45) is 0 Å². The Labute approximate surface area is 102 Å². The number of ether oxygens (including phenoxy) is 1. The Hall–Kier alpha value is -2.37. The van der Waals surface area contributed by atoms with E-state index in [0.717, 1.165) is 5.56 Å². The molecule has 0 radical (unpaired) electrons. The molecule has 1 aromatic heterocycles. The largest absolute Gasteiger partial charge is 0.504 e. The average molecular weight is 251 g/mol. The molecule has 0 aliphatic heterocycles. The molecule has 3 N–H and O–H groups in total. The predicted octanol–water partition coefficient (Wildman–Crippen LogP) is 1.17. The number of aryl methyl sites for hydroxylation is 2. The highest BCUT2D eigenvalue weighted by atomic mass is 16.5. The van der Waals surface area contributed by atoms with Gasteiger partial charge in [0.25, 0.3) is 0 Å². The first-order valence-electron chi connectivity index (χ1n) is 5.37. The van der Waals surface area contributed by atoms with Crippen molar-refractivity contribution < 1.29 is 19.4 Å². The van der Waals surface area contributed by atoms with Crippen LogP contribution in [0.15, 0.2) is 27.4 Å². The van der Waals surface area contributed by atoms with Crippen molar-refractivity contribution in [1.29, 1.82) is 0 Å². The minimum Gasteiger partial charge on any atom is -0.504 e. The lowest BCUT2D eigenvalue weighted by molar-refractivity contribution is 0.373. The molecule has 0 saturated carbocycles. The number of hydrogen-bond donors (Lipinski definition) is 3. The number of H-pyrrole nitrogens is 1. The fraction of sp³-hybridized carbons (Fsp3) is 0.250. The lowest BCUT2D eigenvalue weighted by Gasteiger charge is -2.05. The summed E-state index contributed by atoms with van der Waals surface area (Å²) in [7, 11) is 1.47. The fourth-order valence-electron chi connectivity index (χ4n) is 1.66. The van der Waals surface area contributed by atoms with Crippen LogP contribution in [0.5, 0.6) is 17.4 Å². The SMILES string of the molecule is COc1cc(CCc2oc(=O)[nH]c2O)ccc1O. The number of aromatic amines is 1. The van der Waals surface area contributed by atoms with E-state index in [-0.39, 0.29) is 17.4 Å². The van der Waals surface area contributed by atoms with Crippen molar-refractivity contribution in [2.45, 2.75) is 12.8 Å². The van der Waals surface area contributed by atoms with Crippen molar-refractivity contribution in [2.75, 3.05) is 7.11 Å². The van der Waals surface area contributed by atoms with E-state index in [9.17, 15) is 15.0 Å². The first kappa shape index (κ1) is 12.1.